The van der Waals surface area contributed by atoms with Gasteiger partial charge in [-0.25, -0.2) is 0 Å². The number of hydrogen-bond donors (Lipinski definition) is 1. The highest BCUT2D eigenvalue weighted by molar-refractivity contribution is 9.10. The molecular formula is C13H16BrN. The monoisotopic (exact) mass is 265 g/mol. The van der Waals surface area contributed by atoms with Crippen molar-refractivity contribution in [2.75, 3.05) is 0 Å². The van der Waals surface area contributed by atoms with Crippen LogP contribution in [-0.4, -0.2) is 0 Å². The molecule has 0 radical (unpaired) electrons. The third-order valence-electron chi connectivity index (χ3n) is 4.04. The van der Waals surface area contributed by atoms with Crippen LogP contribution in [0, 0.1) is 17.8 Å². The molecule has 2 N–H and O–H groups in total. The maximum atomic E-state index is 6.32. The third-order valence-corrected chi connectivity index (χ3v) is 4.57. The van der Waals surface area contributed by atoms with E-state index in [9.17, 15) is 0 Å². The molecule has 0 bridgehead atoms. The van der Waals surface area contributed by atoms with Crippen molar-refractivity contribution in [1.82, 2.24) is 0 Å². The first-order valence-electron chi connectivity index (χ1n) is 5.75. The molecule has 15 heavy (non-hydrogen) atoms. The standard InChI is InChI=1S/C13H16BrN/c14-12-3-1-8(2-4-12)13(15)11-6-9-5-10(9)7-11/h1-4,9-11,13H,5-7,15H2. The van der Waals surface area contributed by atoms with Crippen molar-refractivity contribution < 1.29 is 0 Å². The van der Waals surface area contributed by atoms with Crippen LogP contribution >= 0.6 is 15.9 Å². The normalized spacial score (nSPS) is 34.9. The van der Waals surface area contributed by atoms with Crippen molar-refractivity contribution in [3.05, 3.63) is 34.3 Å². The van der Waals surface area contributed by atoms with Gasteiger partial charge in [0.1, 0.15) is 0 Å². The lowest BCUT2D eigenvalue weighted by Gasteiger charge is -2.20. The fourth-order valence-electron chi connectivity index (χ4n) is 3.01. The minimum atomic E-state index is 0.255. The summed E-state index contributed by atoms with van der Waals surface area (Å²) < 4.78 is 1.13. The largest absolute Gasteiger partial charge is 0.324 e. The minimum absolute atomic E-state index is 0.255. The minimum Gasteiger partial charge on any atom is -0.324 e. The predicted molar refractivity (Wildman–Crippen MR) is 65.4 cm³/mol. The lowest BCUT2D eigenvalue weighted by Crippen LogP contribution is -2.20. The van der Waals surface area contributed by atoms with E-state index in [1.54, 1.807) is 0 Å². The molecule has 2 aliphatic carbocycles. The zero-order valence-electron chi connectivity index (χ0n) is 8.70. The van der Waals surface area contributed by atoms with E-state index in [0.717, 1.165) is 22.2 Å². The Hall–Kier alpha value is -0.340. The Kier molecular flexibility index (Phi) is 2.37. The first-order valence-corrected chi connectivity index (χ1v) is 6.54. The Morgan fingerprint density at radius 1 is 1.07 bits per heavy atom. The molecule has 2 saturated carbocycles. The number of fused-ring (bicyclic) bond motifs is 1. The average Bonchev–Trinajstić information content (AvgIpc) is 2.86. The maximum Gasteiger partial charge on any atom is 0.0323 e. The maximum absolute atomic E-state index is 6.32. The number of nitrogens with two attached hydrogens (primary N) is 1. The van der Waals surface area contributed by atoms with E-state index in [0.29, 0.717) is 0 Å². The topological polar surface area (TPSA) is 26.0 Å². The van der Waals surface area contributed by atoms with E-state index >= 15 is 0 Å². The molecule has 0 aromatic heterocycles. The summed E-state index contributed by atoms with van der Waals surface area (Å²) in [6, 6.07) is 8.73. The van der Waals surface area contributed by atoms with Crippen LogP contribution in [0.25, 0.3) is 0 Å². The van der Waals surface area contributed by atoms with Crippen LogP contribution in [0.5, 0.6) is 0 Å². The molecule has 0 spiro atoms. The molecule has 0 aliphatic heterocycles. The van der Waals surface area contributed by atoms with Gasteiger partial charge < -0.3 is 5.73 Å². The van der Waals surface area contributed by atoms with Crippen molar-refractivity contribution in [2.45, 2.75) is 25.3 Å². The molecule has 1 aromatic rings. The predicted octanol–water partition coefficient (Wildman–Crippen LogP) is 3.50. The second-order valence-electron chi connectivity index (χ2n) is 5.06. The van der Waals surface area contributed by atoms with Crippen LogP contribution in [0.2, 0.25) is 0 Å². The number of benzene rings is 1. The summed E-state index contributed by atoms with van der Waals surface area (Å²) in [7, 11) is 0. The molecule has 1 nitrogen and oxygen atoms in total. The molecular weight excluding hydrogens is 250 g/mol. The molecule has 0 amide bonds. The van der Waals surface area contributed by atoms with Gasteiger partial charge in [0.15, 0.2) is 0 Å². The number of hydrogen-bond acceptors (Lipinski definition) is 1. The zero-order chi connectivity index (χ0) is 10.4. The van der Waals surface area contributed by atoms with Crippen LogP contribution in [0.4, 0.5) is 0 Å². The molecule has 2 aliphatic rings. The van der Waals surface area contributed by atoms with Crippen LogP contribution < -0.4 is 5.73 Å². The van der Waals surface area contributed by atoms with Crippen LogP contribution in [0.15, 0.2) is 28.7 Å². The first kappa shape index (κ1) is 9.86. The Morgan fingerprint density at radius 2 is 1.67 bits per heavy atom. The smallest absolute Gasteiger partial charge is 0.0323 e. The van der Waals surface area contributed by atoms with Gasteiger partial charge in [-0.05, 0) is 54.7 Å². The van der Waals surface area contributed by atoms with Crippen LogP contribution in [0.1, 0.15) is 30.9 Å². The van der Waals surface area contributed by atoms with E-state index in [1.807, 2.05) is 0 Å². The second-order valence-corrected chi connectivity index (χ2v) is 5.98. The number of rotatable bonds is 2. The van der Waals surface area contributed by atoms with E-state index in [4.69, 9.17) is 5.73 Å². The van der Waals surface area contributed by atoms with E-state index in [-0.39, 0.29) is 6.04 Å². The lowest BCUT2D eigenvalue weighted by atomic mass is 9.90. The molecule has 3 atom stereocenters. The van der Waals surface area contributed by atoms with Crippen molar-refractivity contribution >= 4 is 15.9 Å². The Labute approximate surface area is 99.2 Å². The van der Waals surface area contributed by atoms with Crippen molar-refractivity contribution in [3.63, 3.8) is 0 Å². The lowest BCUT2D eigenvalue weighted by molar-refractivity contribution is 0.404. The van der Waals surface area contributed by atoms with E-state index < -0.39 is 0 Å². The van der Waals surface area contributed by atoms with Crippen molar-refractivity contribution in [2.24, 2.45) is 23.5 Å². The first-order chi connectivity index (χ1) is 7.24. The molecule has 80 valence electrons. The molecule has 2 heteroatoms. The SMILES string of the molecule is NC(c1ccc(Br)cc1)C1CC2CC2C1. The van der Waals surface area contributed by atoms with Gasteiger partial charge in [0, 0.05) is 10.5 Å². The van der Waals surface area contributed by atoms with E-state index in [1.165, 1.54) is 24.8 Å². The summed E-state index contributed by atoms with van der Waals surface area (Å²) in [5.74, 6) is 2.78. The van der Waals surface area contributed by atoms with Crippen LogP contribution in [0.3, 0.4) is 0 Å². The van der Waals surface area contributed by atoms with Gasteiger partial charge >= 0.3 is 0 Å². The Balaban J connectivity index is 1.73. The summed E-state index contributed by atoms with van der Waals surface area (Å²) in [6.07, 6.45) is 4.20. The van der Waals surface area contributed by atoms with Gasteiger partial charge in [-0.15, -0.1) is 0 Å². The summed E-state index contributed by atoms with van der Waals surface area (Å²) in [5.41, 5.74) is 7.61. The molecule has 3 rings (SSSR count). The zero-order valence-corrected chi connectivity index (χ0v) is 10.3. The molecule has 0 heterocycles. The fourth-order valence-corrected chi connectivity index (χ4v) is 3.28. The van der Waals surface area contributed by atoms with Gasteiger partial charge in [-0.3, -0.25) is 0 Å². The summed E-state index contributed by atoms with van der Waals surface area (Å²) >= 11 is 3.45. The Bertz CT molecular complexity index is 349. The number of halogens is 1. The summed E-state index contributed by atoms with van der Waals surface area (Å²) in [6.45, 7) is 0. The second kappa shape index (κ2) is 3.60. The fraction of sp³-hybridized carbons (Fsp3) is 0.538. The van der Waals surface area contributed by atoms with Gasteiger partial charge in [0.2, 0.25) is 0 Å². The van der Waals surface area contributed by atoms with Crippen LogP contribution in [-0.2, 0) is 0 Å². The highest BCUT2D eigenvalue weighted by Gasteiger charge is 2.47. The molecule has 0 saturated heterocycles. The molecule has 1 aromatic carbocycles. The quantitative estimate of drug-likeness (QED) is 0.871. The Morgan fingerprint density at radius 3 is 2.27 bits per heavy atom. The third kappa shape index (κ3) is 1.85. The molecule has 2 fully saturated rings. The van der Waals surface area contributed by atoms with Gasteiger partial charge in [-0.1, -0.05) is 28.1 Å². The highest BCUT2D eigenvalue weighted by atomic mass is 79.9. The average molecular weight is 266 g/mol. The molecule has 3 unspecified atom stereocenters. The van der Waals surface area contributed by atoms with Gasteiger partial charge in [0.25, 0.3) is 0 Å². The van der Waals surface area contributed by atoms with Crippen molar-refractivity contribution in [1.29, 1.82) is 0 Å². The highest BCUT2D eigenvalue weighted by Crippen LogP contribution is 2.56. The van der Waals surface area contributed by atoms with Gasteiger partial charge in [0.05, 0.1) is 0 Å². The van der Waals surface area contributed by atoms with E-state index in [2.05, 4.69) is 40.2 Å². The summed E-state index contributed by atoms with van der Waals surface area (Å²) in [5, 5.41) is 0. The van der Waals surface area contributed by atoms with Crippen molar-refractivity contribution in [3.8, 4) is 0 Å². The van der Waals surface area contributed by atoms with Gasteiger partial charge in [-0.2, -0.15) is 0 Å². The summed E-state index contributed by atoms with van der Waals surface area (Å²) in [4.78, 5) is 0.